The minimum atomic E-state index is -2.72. The molecule has 1 aromatic carbocycles. The number of benzene rings is 1. The smallest absolute Gasteiger partial charge is 0.337 e. The number of rotatable bonds is 5. The molecule has 6 nitrogen and oxygen atoms in total. The van der Waals surface area contributed by atoms with E-state index in [2.05, 4.69) is 26.0 Å². The van der Waals surface area contributed by atoms with Crippen LogP contribution in [0.25, 0.3) is 17.0 Å². The molecule has 0 bridgehead atoms. The Labute approximate surface area is 172 Å². The van der Waals surface area contributed by atoms with Crippen LogP contribution in [-0.2, 0) is 16.1 Å². The van der Waals surface area contributed by atoms with Gasteiger partial charge in [-0.1, -0.05) is 15.9 Å². The lowest BCUT2D eigenvalue weighted by atomic mass is 10.1. The van der Waals surface area contributed by atoms with Crippen LogP contribution in [0, 0.1) is 6.92 Å². The highest BCUT2D eigenvalue weighted by Crippen LogP contribution is 2.36. The minimum Gasteiger partial charge on any atom is -0.464 e. The van der Waals surface area contributed by atoms with Crippen LogP contribution < -0.4 is 0 Å². The van der Waals surface area contributed by atoms with E-state index >= 15 is 0 Å². The number of ether oxygens (including phenoxy) is 1. The molecule has 1 aliphatic rings. The van der Waals surface area contributed by atoms with Crippen LogP contribution in [0.4, 0.5) is 13.2 Å². The van der Waals surface area contributed by atoms with Gasteiger partial charge in [-0.05, 0) is 31.6 Å². The zero-order valence-corrected chi connectivity index (χ0v) is 17.1. The van der Waals surface area contributed by atoms with E-state index in [0.717, 1.165) is 0 Å². The monoisotopic (exact) mass is 468 g/mol. The average molecular weight is 469 g/mol. The Morgan fingerprint density at radius 2 is 2.17 bits per heavy atom. The average Bonchev–Trinajstić information content (AvgIpc) is 3.34. The first kappa shape index (κ1) is 19.7. The third kappa shape index (κ3) is 3.25. The standard InChI is InChI=1S/C19H16BrF3N4O2/c1-3-29-19(28)17(16-14-4-10(21)6-26(14)8-24-16)27-7-12-11(18(22)23)5-13(20)9(2)15(12)25-27/h4-5,7-8,17-18H,3,6H2,1-2H3. The Morgan fingerprint density at radius 3 is 2.86 bits per heavy atom. The van der Waals surface area contributed by atoms with Gasteiger partial charge in [0.05, 0.1) is 30.7 Å². The molecule has 0 aliphatic carbocycles. The number of aryl methyl sites for hydroxylation is 1. The van der Waals surface area contributed by atoms with E-state index in [-0.39, 0.29) is 35.6 Å². The fraction of sp³-hybridized carbons (Fsp3) is 0.316. The summed E-state index contributed by atoms with van der Waals surface area (Å²) in [7, 11) is 0. The topological polar surface area (TPSA) is 61.9 Å². The molecule has 0 fully saturated rings. The molecule has 0 amide bonds. The molecule has 0 spiro atoms. The van der Waals surface area contributed by atoms with Gasteiger partial charge < -0.3 is 9.30 Å². The van der Waals surface area contributed by atoms with Crippen molar-refractivity contribution in [2.45, 2.75) is 32.9 Å². The molecule has 1 unspecified atom stereocenters. The molecule has 29 heavy (non-hydrogen) atoms. The van der Waals surface area contributed by atoms with Crippen molar-refractivity contribution in [3.8, 4) is 0 Å². The summed E-state index contributed by atoms with van der Waals surface area (Å²) >= 11 is 3.28. The van der Waals surface area contributed by atoms with Crippen molar-refractivity contribution in [1.82, 2.24) is 19.3 Å². The molecule has 0 saturated heterocycles. The van der Waals surface area contributed by atoms with Crippen molar-refractivity contribution in [2.24, 2.45) is 0 Å². The molecule has 2 aromatic heterocycles. The fourth-order valence-electron chi connectivity index (χ4n) is 3.45. The number of alkyl halides is 2. The maximum atomic E-state index is 13.7. The second-order valence-electron chi connectivity index (χ2n) is 6.63. The van der Waals surface area contributed by atoms with E-state index in [9.17, 15) is 18.0 Å². The molecule has 1 atom stereocenters. The highest BCUT2D eigenvalue weighted by atomic mass is 79.9. The Balaban J connectivity index is 1.93. The van der Waals surface area contributed by atoms with E-state index in [1.807, 2.05) is 0 Å². The van der Waals surface area contributed by atoms with E-state index in [1.54, 1.807) is 18.4 Å². The number of fused-ring (bicyclic) bond motifs is 2. The third-order valence-electron chi connectivity index (χ3n) is 4.83. The van der Waals surface area contributed by atoms with E-state index in [0.29, 0.717) is 21.2 Å². The van der Waals surface area contributed by atoms with Crippen molar-refractivity contribution in [3.63, 3.8) is 0 Å². The highest BCUT2D eigenvalue weighted by Gasteiger charge is 2.33. The molecule has 3 heterocycles. The molecule has 1 aliphatic heterocycles. The zero-order chi connectivity index (χ0) is 20.9. The first-order valence-corrected chi connectivity index (χ1v) is 9.64. The molecular formula is C19H16BrF3N4O2. The molecule has 0 N–H and O–H groups in total. The molecule has 4 rings (SSSR count). The summed E-state index contributed by atoms with van der Waals surface area (Å²) in [4.78, 5) is 17.0. The maximum Gasteiger partial charge on any atom is 0.337 e. The van der Waals surface area contributed by atoms with Gasteiger partial charge in [0.15, 0.2) is 6.04 Å². The minimum absolute atomic E-state index is 0.0283. The van der Waals surface area contributed by atoms with Crippen LogP contribution in [-0.4, -0.2) is 31.9 Å². The lowest BCUT2D eigenvalue weighted by molar-refractivity contribution is -0.146. The number of imidazole rings is 1. The van der Waals surface area contributed by atoms with Crippen molar-refractivity contribution in [3.05, 3.63) is 51.4 Å². The number of carbonyl (C=O) groups is 1. The van der Waals surface area contributed by atoms with Gasteiger partial charge in [0, 0.05) is 21.6 Å². The van der Waals surface area contributed by atoms with E-state index in [4.69, 9.17) is 4.74 Å². The number of allylic oxidation sites excluding steroid dienone is 1. The second-order valence-corrected chi connectivity index (χ2v) is 7.49. The molecular weight excluding hydrogens is 453 g/mol. The molecule has 10 heteroatoms. The zero-order valence-electron chi connectivity index (χ0n) is 15.5. The summed E-state index contributed by atoms with van der Waals surface area (Å²) in [6.07, 6.45) is 1.39. The number of aromatic nitrogens is 4. The van der Waals surface area contributed by atoms with Gasteiger partial charge in [-0.3, -0.25) is 4.68 Å². The first-order chi connectivity index (χ1) is 13.8. The summed E-state index contributed by atoms with van der Waals surface area (Å²) in [5.74, 6) is -1.02. The van der Waals surface area contributed by atoms with E-state index in [1.165, 1.54) is 29.3 Å². The maximum absolute atomic E-state index is 13.7. The summed E-state index contributed by atoms with van der Waals surface area (Å²) in [6, 6.07) is 0.213. The van der Waals surface area contributed by atoms with Crippen molar-refractivity contribution < 1.29 is 22.7 Å². The van der Waals surface area contributed by atoms with E-state index < -0.39 is 18.4 Å². The summed E-state index contributed by atoms with van der Waals surface area (Å²) in [5.41, 5.74) is 1.46. The molecule has 3 aromatic rings. The Bertz CT molecular complexity index is 1150. The normalized spacial score (nSPS) is 14.4. The molecule has 0 saturated carbocycles. The van der Waals surface area contributed by atoms with Crippen LogP contribution in [0.2, 0.25) is 0 Å². The van der Waals surface area contributed by atoms with Gasteiger partial charge in [-0.15, -0.1) is 0 Å². The Hall–Kier alpha value is -2.62. The number of hydrogen-bond donors (Lipinski definition) is 0. The summed E-state index contributed by atoms with van der Waals surface area (Å²) in [5, 5.41) is 4.64. The lowest BCUT2D eigenvalue weighted by Gasteiger charge is -2.15. The van der Waals surface area contributed by atoms with Crippen LogP contribution in [0.1, 0.15) is 41.9 Å². The van der Waals surface area contributed by atoms with Crippen molar-refractivity contribution >= 4 is 38.9 Å². The van der Waals surface area contributed by atoms with Gasteiger partial charge in [-0.25, -0.2) is 22.9 Å². The number of halogens is 4. The van der Waals surface area contributed by atoms with Gasteiger partial charge in [0.2, 0.25) is 0 Å². The summed E-state index contributed by atoms with van der Waals surface area (Å²) < 4.78 is 49.4. The van der Waals surface area contributed by atoms with Crippen LogP contribution in [0.3, 0.4) is 0 Å². The second kappa shape index (κ2) is 7.33. The SMILES string of the molecule is CCOC(=O)C(c1ncn2c1C=C(F)C2)n1cc2c(C(F)F)cc(Br)c(C)c2n1. The van der Waals surface area contributed by atoms with Crippen LogP contribution >= 0.6 is 15.9 Å². The van der Waals surface area contributed by atoms with Gasteiger partial charge in [0.1, 0.15) is 11.5 Å². The largest absolute Gasteiger partial charge is 0.464 e. The predicted molar refractivity (Wildman–Crippen MR) is 103 cm³/mol. The molecule has 0 radical (unpaired) electrons. The summed E-state index contributed by atoms with van der Waals surface area (Å²) in [6.45, 7) is 3.54. The van der Waals surface area contributed by atoms with Crippen LogP contribution in [0.15, 0.2) is 28.9 Å². The Morgan fingerprint density at radius 1 is 1.41 bits per heavy atom. The van der Waals surface area contributed by atoms with Gasteiger partial charge in [0.25, 0.3) is 6.43 Å². The fourth-order valence-corrected chi connectivity index (χ4v) is 3.89. The quantitative estimate of drug-likeness (QED) is 0.508. The first-order valence-electron chi connectivity index (χ1n) is 8.85. The van der Waals surface area contributed by atoms with Crippen molar-refractivity contribution in [2.75, 3.05) is 6.61 Å². The Kier molecular flexibility index (Phi) is 4.97. The number of hydrogen-bond acceptors (Lipinski definition) is 4. The highest BCUT2D eigenvalue weighted by molar-refractivity contribution is 9.10. The number of esters is 1. The number of nitrogens with zero attached hydrogens (tertiary/aromatic N) is 4. The van der Waals surface area contributed by atoms with Gasteiger partial charge >= 0.3 is 5.97 Å². The van der Waals surface area contributed by atoms with Crippen molar-refractivity contribution in [1.29, 1.82) is 0 Å². The predicted octanol–water partition coefficient (Wildman–Crippen LogP) is 4.72. The van der Waals surface area contributed by atoms with Crippen LogP contribution in [0.5, 0.6) is 0 Å². The third-order valence-corrected chi connectivity index (χ3v) is 5.65. The molecule has 152 valence electrons. The lowest BCUT2D eigenvalue weighted by Crippen LogP contribution is -2.24. The number of carbonyl (C=O) groups excluding carboxylic acids is 1. The van der Waals surface area contributed by atoms with Gasteiger partial charge in [-0.2, -0.15) is 5.10 Å².